The van der Waals surface area contributed by atoms with Gasteiger partial charge in [0.15, 0.2) is 0 Å². The van der Waals surface area contributed by atoms with Gasteiger partial charge in [-0.25, -0.2) is 0 Å². The number of ether oxygens (including phenoxy) is 1. The Bertz CT molecular complexity index is 352. The molecule has 1 aromatic rings. The third-order valence-electron chi connectivity index (χ3n) is 3.05. The van der Waals surface area contributed by atoms with Crippen LogP contribution in [0.4, 0.5) is 0 Å². The van der Waals surface area contributed by atoms with Crippen LogP contribution >= 0.6 is 0 Å². The smallest absolute Gasteiger partial charge is 0.123 e. The number of benzene rings is 1. The van der Waals surface area contributed by atoms with E-state index in [1.807, 2.05) is 0 Å². The van der Waals surface area contributed by atoms with Crippen LogP contribution in [0.3, 0.4) is 0 Å². The van der Waals surface area contributed by atoms with Crippen LogP contribution in [0.1, 0.15) is 30.9 Å². The van der Waals surface area contributed by atoms with Crippen molar-refractivity contribution in [1.29, 1.82) is 0 Å². The van der Waals surface area contributed by atoms with Gasteiger partial charge in [-0.05, 0) is 45.5 Å². The van der Waals surface area contributed by atoms with Crippen molar-refractivity contribution in [2.75, 3.05) is 26.7 Å². The van der Waals surface area contributed by atoms with Crippen LogP contribution in [-0.2, 0) is 6.54 Å². The minimum absolute atomic E-state index is 0.755. The number of nitrogens with zero attached hydrogens (tertiary/aromatic N) is 1. The van der Waals surface area contributed by atoms with E-state index in [4.69, 9.17) is 10.5 Å². The van der Waals surface area contributed by atoms with Crippen molar-refractivity contribution in [3.63, 3.8) is 0 Å². The van der Waals surface area contributed by atoms with E-state index in [9.17, 15) is 0 Å². The summed E-state index contributed by atoms with van der Waals surface area (Å²) in [6.45, 7) is 8.19. The van der Waals surface area contributed by atoms with Crippen molar-refractivity contribution in [2.24, 2.45) is 5.73 Å². The predicted molar refractivity (Wildman–Crippen MR) is 77.0 cm³/mol. The second-order valence-electron chi connectivity index (χ2n) is 4.73. The Morgan fingerprint density at radius 3 is 2.67 bits per heavy atom. The molecule has 0 saturated heterocycles. The van der Waals surface area contributed by atoms with Gasteiger partial charge in [-0.2, -0.15) is 0 Å². The number of hydrogen-bond donors (Lipinski definition) is 1. The summed E-state index contributed by atoms with van der Waals surface area (Å²) >= 11 is 0. The van der Waals surface area contributed by atoms with E-state index < -0.39 is 0 Å². The molecule has 2 N–H and O–H groups in total. The number of nitrogens with two attached hydrogens (primary N) is 1. The van der Waals surface area contributed by atoms with E-state index >= 15 is 0 Å². The zero-order valence-electron chi connectivity index (χ0n) is 11.9. The molecule has 1 rings (SSSR count). The number of aryl methyl sites for hydroxylation is 1. The van der Waals surface area contributed by atoms with Gasteiger partial charge in [0.25, 0.3) is 0 Å². The molecule has 3 nitrogen and oxygen atoms in total. The summed E-state index contributed by atoms with van der Waals surface area (Å²) in [5, 5.41) is 0. The first-order chi connectivity index (χ1) is 8.71. The van der Waals surface area contributed by atoms with Crippen molar-refractivity contribution in [3.8, 4) is 5.75 Å². The average Bonchev–Trinajstić information content (AvgIpc) is 2.36. The molecular weight excluding hydrogens is 224 g/mol. The summed E-state index contributed by atoms with van der Waals surface area (Å²) in [4.78, 5) is 2.45. The average molecular weight is 250 g/mol. The van der Waals surface area contributed by atoms with Crippen molar-refractivity contribution in [3.05, 3.63) is 29.3 Å². The minimum atomic E-state index is 0.755. The van der Waals surface area contributed by atoms with E-state index in [1.54, 1.807) is 7.11 Å². The van der Waals surface area contributed by atoms with Crippen molar-refractivity contribution in [2.45, 2.75) is 33.2 Å². The first-order valence-electron chi connectivity index (χ1n) is 6.77. The molecule has 0 bridgehead atoms. The standard InChI is InChI=1S/C15H26N2O/c1-4-9-17(10-5-8-16)12-14-11-13(2)6-7-15(14)18-3/h6-7,11H,4-5,8-10,12,16H2,1-3H3. The van der Waals surface area contributed by atoms with Gasteiger partial charge in [0.05, 0.1) is 7.11 Å². The molecule has 0 saturated carbocycles. The molecule has 0 fully saturated rings. The quantitative estimate of drug-likeness (QED) is 0.770. The number of rotatable bonds is 8. The van der Waals surface area contributed by atoms with E-state index in [1.165, 1.54) is 17.5 Å². The molecule has 0 aliphatic heterocycles. The van der Waals surface area contributed by atoms with Crippen LogP contribution in [0.5, 0.6) is 5.75 Å². The van der Waals surface area contributed by atoms with E-state index in [0.29, 0.717) is 0 Å². The topological polar surface area (TPSA) is 38.5 Å². The molecular formula is C15H26N2O. The summed E-state index contributed by atoms with van der Waals surface area (Å²) in [5.74, 6) is 0.981. The van der Waals surface area contributed by atoms with E-state index in [-0.39, 0.29) is 0 Å². The molecule has 0 aliphatic carbocycles. The van der Waals surface area contributed by atoms with Crippen LogP contribution in [0.25, 0.3) is 0 Å². The summed E-state index contributed by atoms with van der Waals surface area (Å²) < 4.78 is 5.43. The Balaban J connectivity index is 2.74. The van der Waals surface area contributed by atoms with Crippen molar-refractivity contribution < 1.29 is 4.74 Å². The van der Waals surface area contributed by atoms with Crippen LogP contribution < -0.4 is 10.5 Å². The molecule has 0 amide bonds. The highest BCUT2D eigenvalue weighted by molar-refractivity contribution is 5.36. The molecule has 0 aliphatic rings. The lowest BCUT2D eigenvalue weighted by molar-refractivity contribution is 0.259. The Morgan fingerprint density at radius 1 is 1.28 bits per heavy atom. The Hall–Kier alpha value is -1.06. The Morgan fingerprint density at radius 2 is 2.06 bits per heavy atom. The lowest BCUT2D eigenvalue weighted by atomic mass is 10.1. The van der Waals surface area contributed by atoms with Crippen molar-refractivity contribution in [1.82, 2.24) is 4.90 Å². The number of methoxy groups -OCH3 is 1. The molecule has 102 valence electrons. The van der Waals surface area contributed by atoms with Crippen LogP contribution in [0, 0.1) is 6.92 Å². The molecule has 0 aromatic heterocycles. The van der Waals surface area contributed by atoms with Crippen molar-refractivity contribution >= 4 is 0 Å². The van der Waals surface area contributed by atoms with Gasteiger partial charge >= 0.3 is 0 Å². The second-order valence-corrected chi connectivity index (χ2v) is 4.73. The molecule has 0 unspecified atom stereocenters. The largest absolute Gasteiger partial charge is 0.496 e. The van der Waals surface area contributed by atoms with Gasteiger partial charge in [-0.15, -0.1) is 0 Å². The molecule has 18 heavy (non-hydrogen) atoms. The fourth-order valence-corrected chi connectivity index (χ4v) is 2.17. The summed E-state index contributed by atoms with van der Waals surface area (Å²) in [5.41, 5.74) is 8.14. The lowest BCUT2D eigenvalue weighted by Crippen LogP contribution is -2.27. The highest BCUT2D eigenvalue weighted by atomic mass is 16.5. The van der Waals surface area contributed by atoms with Crippen LogP contribution in [0.2, 0.25) is 0 Å². The third-order valence-corrected chi connectivity index (χ3v) is 3.05. The van der Waals surface area contributed by atoms with Gasteiger partial charge in [-0.1, -0.05) is 24.6 Å². The SMILES string of the molecule is CCCN(CCCN)Cc1cc(C)ccc1OC. The lowest BCUT2D eigenvalue weighted by Gasteiger charge is -2.22. The first-order valence-corrected chi connectivity index (χ1v) is 6.77. The maximum atomic E-state index is 5.60. The molecule has 0 spiro atoms. The molecule has 0 atom stereocenters. The van der Waals surface area contributed by atoms with Gasteiger partial charge < -0.3 is 10.5 Å². The van der Waals surface area contributed by atoms with Crippen LogP contribution in [0.15, 0.2) is 18.2 Å². The van der Waals surface area contributed by atoms with E-state index in [0.717, 1.165) is 38.3 Å². The highest BCUT2D eigenvalue weighted by Crippen LogP contribution is 2.21. The predicted octanol–water partition coefficient (Wildman–Crippen LogP) is 2.56. The van der Waals surface area contributed by atoms with Gasteiger partial charge in [0, 0.05) is 12.1 Å². The fourth-order valence-electron chi connectivity index (χ4n) is 2.17. The minimum Gasteiger partial charge on any atom is -0.496 e. The molecule has 0 radical (unpaired) electrons. The molecule has 3 heteroatoms. The van der Waals surface area contributed by atoms with Crippen LogP contribution in [-0.4, -0.2) is 31.6 Å². The first kappa shape index (κ1) is 15.0. The monoisotopic (exact) mass is 250 g/mol. The Labute approximate surface area is 111 Å². The van der Waals surface area contributed by atoms with Gasteiger partial charge in [0.1, 0.15) is 5.75 Å². The fraction of sp³-hybridized carbons (Fsp3) is 0.600. The molecule has 0 heterocycles. The third kappa shape index (κ3) is 4.67. The Kier molecular flexibility index (Phi) is 6.76. The second kappa shape index (κ2) is 8.11. The highest BCUT2D eigenvalue weighted by Gasteiger charge is 2.09. The maximum Gasteiger partial charge on any atom is 0.123 e. The number of hydrogen-bond acceptors (Lipinski definition) is 3. The van der Waals surface area contributed by atoms with Gasteiger partial charge in [0.2, 0.25) is 0 Å². The normalized spacial score (nSPS) is 10.9. The van der Waals surface area contributed by atoms with E-state index in [2.05, 4.69) is 36.9 Å². The molecule has 1 aromatic carbocycles. The summed E-state index contributed by atoms with van der Waals surface area (Å²) in [6.07, 6.45) is 2.22. The maximum absolute atomic E-state index is 5.60. The van der Waals surface area contributed by atoms with Gasteiger partial charge in [-0.3, -0.25) is 4.90 Å². The summed E-state index contributed by atoms with van der Waals surface area (Å²) in [6, 6.07) is 6.36. The zero-order chi connectivity index (χ0) is 13.4. The summed E-state index contributed by atoms with van der Waals surface area (Å²) in [7, 11) is 1.73. The zero-order valence-corrected chi connectivity index (χ0v) is 11.9.